The van der Waals surface area contributed by atoms with Crippen LogP contribution < -0.4 is 15.8 Å². The van der Waals surface area contributed by atoms with Crippen LogP contribution in [0.1, 0.15) is 42.5 Å². The van der Waals surface area contributed by atoms with E-state index in [2.05, 4.69) is 31.3 Å². The van der Waals surface area contributed by atoms with E-state index in [1.807, 2.05) is 43.3 Å². The van der Waals surface area contributed by atoms with Crippen LogP contribution in [0.3, 0.4) is 0 Å². The van der Waals surface area contributed by atoms with E-state index in [-0.39, 0.29) is 18.6 Å². The number of rotatable bonds is 7. The Labute approximate surface area is 144 Å². The normalized spacial score (nSPS) is 12.0. The second-order valence-electron chi connectivity index (χ2n) is 6.33. The molecule has 0 saturated carbocycles. The van der Waals surface area contributed by atoms with Gasteiger partial charge in [-0.1, -0.05) is 55.8 Å². The van der Waals surface area contributed by atoms with Gasteiger partial charge in [0.25, 0.3) is 5.91 Å². The highest BCUT2D eigenvalue weighted by Crippen LogP contribution is 2.17. The molecule has 0 radical (unpaired) electrons. The average Bonchev–Trinajstić information content (AvgIpc) is 2.59. The van der Waals surface area contributed by atoms with Gasteiger partial charge in [-0.2, -0.15) is 0 Å². The van der Waals surface area contributed by atoms with E-state index in [0.29, 0.717) is 18.2 Å². The van der Waals surface area contributed by atoms with Crippen LogP contribution >= 0.6 is 0 Å². The van der Waals surface area contributed by atoms with Crippen LogP contribution in [-0.2, 0) is 4.79 Å². The fourth-order valence-electron chi connectivity index (χ4n) is 2.30. The van der Waals surface area contributed by atoms with Crippen molar-refractivity contribution in [1.29, 1.82) is 0 Å². The first-order valence-corrected chi connectivity index (χ1v) is 8.27. The standard InChI is InChI=1S/C20H26N2O2/c1-14(2)16-6-8-17(9-7-16)19(21)12-22-20(23)13-24-18-10-4-15(3)5-11-18/h4-11,14,19H,12-13,21H2,1-3H3,(H,22,23). The minimum atomic E-state index is -0.227. The molecule has 0 aromatic heterocycles. The van der Waals surface area contributed by atoms with Gasteiger partial charge in [-0.15, -0.1) is 0 Å². The maximum absolute atomic E-state index is 11.9. The summed E-state index contributed by atoms with van der Waals surface area (Å²) in [4.78, 5) is 11.9. The first kappa shape index (κ1) is 18.0. The summed E-state index contributed by atoms with van der Waals surface area (Å²) in [6.45, 7) is 6.69. The fourth-order valence-corrected chi connectivity index (χ4v) is 2.30. The van der Waals surface area contributed by atoms with Crippen molar-refractivity contribution in [3.8, 4) is 5.75 Å². The van der Waals surface area contributed by atoms with Gasteiger partial charge < -0.3 is 15.8 Å². The highest BCUT2D eigenvalue weighted by atomic mass is 16.5. The first-order valence-electron chi connectivity index (χ1n) is 8.27. The molecule has 4 heteroatoms. The largest absolute Gasteiger partial charge is 0.484 e. The van der Waals surface area contributed by atoms with Crippen molar-refractivity contribution < 1.29 is 9.53 Å². The monoisotopic (exact) mass is 326 g/mol. The molecule has 1 amide bonds. The third-order valence-corrected chi connectivity index (χ3v) is 3.94. The summed E-state index contributed by atoms with van der Waals surface area (Å²) >= 11 is 0. The Hall–Kier alpha value is -2.33. The lowest BCUT2D eigenvalue weighted by Gasteiger charge is -2.15. The van der Waals surface area contributed by atoms with Gasteiger partial charge in [-0.25, -0.2) is 0 Å². The number of benzene rings is 2. The third kappa shape index (κ3) is 5.39. The Balaban J connectivity index is 1.77. The lowest BCUT2D eigenvalue weighted by molar-refractivity contribution is -0.123. The van der Waals surface area contributed by atoms with E-state index in [9.17, 15) is 4.79 Å². The van der Waals surface area contributed by atoms with Crippen molar-refractivity contribution >= 4 is 5.91 Å². The van der Waals surface area contributed by atoms with Crippen molar-refractivity contribution in [2.45, 2.75) is 32.7 Å². The molecule has 1 unspecified atom stereocenters. The van der Waals surface area contributed by atoms with Crippen molar-refractivity contribution in [3.05, 3.63) is 65.2 Å². The van der Waals surface area contributed by atoms with Crippen molar-refractivity contribution in [1.82, 2.24) is 5.32 Å². The van der Waals surface area contributed by atoms with Gasteiger partial charge in [0.1, 0.15) is 5.75 Å². The number of nitrogens with one attached hydrogen (secondary N) is 1. The number of hydrogen-bond acceptors (Lipinski definition) is 3. The number of carbonyl (C=O) groups excluding carboxylic acids is 1. The van der Waals surface area contributed by atoms with Gasteiger partial charge in [0.15, 0.2) is 6.61 Å². The van der Waals surface area contributed by atoms with E-state index in [1.165, 1.54) is 5.56 Å². The first-order chi connectivity index (χ1) is 11.5. The third-order valence-electron chi connectivity index (χ3n) is 3.94. The molecule has 0 fully saturated rings. The molecular weight excluding hydrogens is 300 g/mol. The number of nitrogens with two attached hydrogens (primary N) is 1. The van der Waals surface area contributed by atoms with Crippen LogP contribution in [0.4, 0.5) is 0 Å². The summed E-state index contributed by atoms with van der Waals surface area (Å²) in [5.74, 6) is 1.00. The average molecular weight is 326 g/mol. The SMILES string of the molecule is Cc1ccc(OCC(=O)NCC(N)c2ccc(C(C)C)cc2)cc1. The maximum Gasteiger partial charge on any atom is 0.258 e. The van der Waals surface area contributed by atoms with Crippen LogP contribution in [0.2, 0.25) is 0 Å². The van der Waals surface area contributed by atoms with E-state index in [1.54, 1.807) is 0 Å². The smallest absolute Gasteiger partial charge is 0.258 e. The quantitative estimate of drug-likeness (QED) is 0.820. The molecule has 2 aromatic carbocycles. The predicted octanol–water partition coefficient (Wildman–Crippen LogP) is 3.31. The second kappa shape index (κ2) is 8.50. The molecule has 2 rings (SSSR count). The molecule has 0 aliphatic carbocycles. The molecule has 24 heavy (non-hydrogen) atoms. The van der Waals surface area contributed by atoms with Gasteiger partial charge in [0.05, 0.1) is 0 Å². The zero-order valence-electron chi connectivity index (χ0n) is 14.6. The van der Waals surface area contributed by atoms with Crippen LogP contribution in [0, 0.1) is 6.92 Å². The second-order valence-corrected chi connectivity index (χ2v) is 6.33. The van der Waals surface area contributed by atoms with E-state index >= 15 is 0 Å². The highest BCUT2D eigenvalue weighted by molar-refractivity contribution is 5.77. The van der Waals surface area contributed by atoms with Crippen LogP contribution in [0.25, 0.3) is 0 Å². The minimum absolute atomic E-state index is 0.0118. The van der Waals surface area contributed by atoms with Gasteiger partial charge >= 0.3 is 0 Å². The molecular formula is C20H26N2O2. The Morgan fingerprint density at radius 2 is 1.62 bits per heavy atom. The molecule has 0 aliphatic heterocycles. The number of amides is 1. The predicted molar refractivity (Wildman–Crippen MR) is 97.1 cm³/mol. The lowest BCUT2D eigenvalue weighted by atomic mass is 9.99. The van der Waals surface area contributed by atoms with Gasteiger partial charge in [-0.3, -0.25) is 4.79 Å². The van der Waals surface area contributed by atoms with E-state index in [0.717, 1.165) is 11.1 Å². The molecule has 2 aromatic rings. The van der Waals surface area contributed by atoms with Crippen molar-refractivity contribution in [2.24, 2.45) is 5.73 Å². The molecule has 0 bridgehead atoms. The summed E-state index contributed by atoms with van der Waals surface area (Å²) in [5.41, 5.74) is 9.58. The molecule has 0 saturated heterocycles. The molecule has 0 aliphatic rings. The number of carbonyl (C=O) groups is 1. The molecule has 1 atom stereocenters. The van der Waals surface area contributed by atoms with Gasteiger partial charge in [0, 0.05) is 12.6 Å². The zero-order chi connectivity index (χ0) is 17.5. The number of hydrogen-bond donors (Lipinski definition) is 2. The summed E-state index contributed by atoms with van der Waals surface area (Å²) < 4.78 is 5.45. The topological polar surface area (TPSA) is 64.3 Å². The van der Waals surface area contributed by atoms with Crippen LogP contribution in [0.15, 0.2) is 48.5 Å². The Morgan fingerprint density at radius 3 is 2.21 bits per heavy atom. The minimum Gasteiger partial charge on any atom is -0.484 e. The molecule has 3 N–H and O–H groups in total. The zero-order valence-corrected chi connectivity index (χ0v) is 14.6. The molecule has 0 spiro atoms. The maximum atomic E-state index is 11.9. The van der Waals surface area contributed by atoms with E-state index in [4.69, 9.17) is 10.5 Å². The molecule has 4 nitrogen and oxygen atoms in total. The summed E-state index contributed by atoms with van der Waals surface area (Å²) in [6.07, 6.45) is 0. The van der Waals surface area contributed by atoms with Gasteiger partial charge in [-0.05, 0) is 36.1 Å². The Morgan fingerprint density at radius 1 is 1.04 bits per heavy atom. The summed E-state index contributed by atoms with van der Waals surface area (Å²) in [7, 11) is 0. The highest BCUT2D eigenvalue weighted by Gasteiger charge is 2.09. The Kier molecular flexibility index (Phi) is 6.38. The van der Waals surface area contributed by atoms with Gasteiger partial charge in [0.2, 0.25) is 0 Å². The van der Waals surface area contributed by atoms with Crippen molar-refractivity contribution in [2.75, 3.05) is 13.2 Å². The number of ether oxygens (including phenoxy) is 1. The van der Waals surface area contributed by atoms with Crippen LogP contribution in [-0.4, -0.2) is 19.1 Å². The molecule has 0 heterocycles. The summed E-state index contributed by atoms with van der Waals surface area (Å²) in [5, 5.41) is 2.81. The lowest BCUT2D eigenvalue weighted by Crippen LogP contribution is -2.35. The summed E-state index contributed by atoms with van der Waals surface area (Å²) in [6, 6.07) is 15.6. The number of aryl methyl sites for hydroxylation is 1. The molecule has 128 valence electrons. The van der Waals surface area contributed by atoms with Crippen molar-refractivity contribution in [3.63, 3.8) is 0 Å². The van der Waals surface area contributed by atoms with E-state index < -0.39 is 0 Å². The Bertz CT molecular complexity index is 648. The van der Waals surface area contributed by atoms with Crippen LogP contribution in [0.5, 0.6) is 5.75 Å². The fraction of sp³-hybridized carbons (Fsp3) is 0.350.